The SMILES string of the molecule is CCNc1ncnc(NC(C)c2ccccn2)c1OC. The second-order valence-electron chi connectivity index (χ2n) is 4.26. The molecule has 0 amide bonds. The number of methoxy groups -OCH3 is 1. The summed E-state index contributed by atoms with van der Waals surface area (Å²) in [6, 6.07) is 5.85. The van der Waals surface area contributed by atoms with Crippen molar-refractivity contribution in [2.24, 2.45) is 0 Å². The minimum Gasteiger partial charge on any atom is -0.490 e. The Balaban J connectivity index is 2.22. The lowest BCUT2D eigenvalue weighted by molar-refractivity contribution is 0.414. The van der Waals surface area contributed by atoms with Crippen molar-refractivity contribution in [3.05, 3.63) is 36.4 Å². The Labute approximate surface area is 118 Å². The second kappa shape index (κ2) is 6.70. The van der Waals surface area contributed by atoms with Gasteiger partial charge in [0.15, 0.2) is 11.6 Å². The van der Waals surface area contributed by atoms with Crippen LogP contribution in [-0.4, -0.2) is 28.6 Å². The van der Waals surface area contributed by atoms with Gasteiger partial charge in [0.2, 0.25) is 5.75 Å². The first-order chi connectivity index (χ1) is 9.76. The molecule has 0 aliphatic carbocycles. The molecule has 0 spiro atoms. The molecule has 6 heteroatoms. The monoisotopic (exact) mass is 273 g/mol. The maximum atomic E-state index is 5.40. The van der Waals surface area contributed by atoms with Crippen LogP contribution in [0.5, 0.6) is 5.75 Å². The molecular weight excluding hydrogens is 254 g/mol. The standard InChI is InChI=1S/C14H19N5O/c1-4-15-13-12(20-3)14(18-9-17-13)19-10(2)11-7-5-6-8-16-11/h5-10H,4H2,1-3H3,(H2,15,17,18,19). The highest BCUT2D eigenvalue weighted by Crippen LogP contribution is 2.30. The fourth-order valence-electron chi connectivity index (χ4n) is 1.87. The van der Waals surface area contributed by atoms with E-state index in [2.05, 4.69) is 25.6 Å². The third-order valence-corrected chi connectivity index (χ3v) is 2.84. The van der Waals surface area contributed by atoms with Crippen molar-refractivity contribution in [2.75, 3.05) is 24.3 Å². The number of nitrogens with zero attached hydrogens (tertiary/aromatic N) is 3. The van der Waals surface area contributed by atoms with Gasteiger partial charge in [0.1, 0.15) is 6.33 Å². The minimum atomic E-state index is 0.0227. The molecule has 0 aliphatic rings. The molecule has 1 unspecified atom stereocenters. The van der Waals surface area contributed by atoms with Crippen molar-refractivity contribution in [3.63, 3.8) is 0 Å². The van der Waals surface area contributed by atoms with Crippen LogP contribution in [0.3, 0.4) is 0 Å². The molecule has 0 saturated carbocycles. The average molecular weight is 273 g/mol. The van der Waals surface area contributed by atoms with Gasteiger partial charge in [-0.15, -0.1) is 0 Å². The van der Waals surface area contributed by atoms with Crippen LogP contribution in [0.25, 0.3) is 0 Å². The van der Waals surface area contributed by atoms with Gasteiger partial charge in [-0.05, 0) is 26.0 Å². The Bertz CT molecular complexity index is 547. The first-order valence-electron chi connectivity index (χ1n) is 6.56. The van der Waals surface area contributed by atoms with E-state index in [-0.39, 0.29) is 6.04 Å². The van der Waals surface area contributed by atoms with Gasteiger partial charge in [0.25, 0.3) is 0 Å². The molecule has 0 fully saturated rings. The molecule has 0 aliphatic heterocycles. The lowest BCUT2D eigenvalue weighted by Gasteiger charge is -2.17. The van der Waals surface area contributed by atoms with Crippen LogP contribution in [-0.2, 0) is 0 Å². The molecule has 0 bridgehead atoms. The maximum absolute atomic E-state index is 5.40. The van der Waals surface area contributed by atoms with Crippen LogP contribution >= 0.6 is 0 Å². The molecule has 2 N–H and O–H groups in total. The molecule has 0 saturated heterocycles. The number of hydrogen-bond acceptors (Lipinski definition) is 6. The zero-order valence-electron chi connectivity index (χ0n) is 11.9. The third-order valence-electron chi connectivity index (χ3n) is 2.84. The molecule has 0 radical (unpaired) electrons. The largest absolute Gasteiger partial charge is 0.490 e. The number of rotatable bonds is 6. The molecule has 0 aromatic carbocycles. The fraction of sp³-hybridized carbons (Fsp3) is 0.357. The van der Waals surface area contributed by atoms with Gasteiger partial charge in [0, 0.05) is 12.7 Å². The summed E-state index contributed by atoms with van der Waals surface area (Å²) in [5.74, 6) is 1.94. The average Bonchev–Trinajstić information content (AvgIpc) is 2.49. The lowest BCUT2D eigenvalue weighted by Crippen LogP contribution is -2.12. The highest BCUT2D eigenvalue weighted by molar-refractivity contribution is 5.63. The quantitative estimate of drug-likeness (QED) is 0.842. The van der Waals surface area contributed by atoms with Gasteiger partial charge >= 0.3 is 0 Å². The van der Waals surface area contributed by atoms with E-state index < -0.39 is 0 Å². The van der Waals surface area contributed by atoms with Crippen LogP contribution in [0.1, 0.15) is 25.6 Å². The Hall–Kier alpha value is -2.37. The normalized spacial score (nSPS) is 11.8. The summed E-state index contributed by atoms with van der Waals surface area (Å²) >= 11 is 0. The molecule has 2 aromatic rings. The van der Waals surface area contributed by atoms with Gasteiger partial charge in [-0.2, -0.15) is 0 Å². The summed E-state index contributed by atoms with van der Waals surface area (Å²) < 4.78 is 5.40. The molecular formula is C14H19N5O. The molecule has 20 heavy (non-hydrogen) atoms. The first-order valence-corrected chi connectivity index (χ1v) is 6.56. The fourth-order valence-corrected chi connectivity index (χ4v) is 1.87. The molecule has 2 rings (SSSR count). The van der Waals surface area contributed by atoms with Crippen LogP contribution < -0.4 is 15.4 Å². The summed E-state index contributed by atoms with van der Waals surface area (Å²) in [5, 5.41) is 6.45. The predicted octanol–water partition coefficient (Wildman–Crippen LogP) is 2.49. The van der Waals surface area contributed by atoms with Crippen molar-refractivity contribution >= 4 is 11.6 Å². The predicted molar refractivity (Wildman–Crippen MR) is 79.0 cm³/mol. The zero-order valence-corrected chi connectivity index (χ0v) is 11.9. The van der Waals surface area contributed by atoms with Crippen LogP contribution in [0.4, 0.5) is 11.6 Å². The van der Waals surface area contributed by atoms with E-state index in [9.17, 15) is 0 Å². The van der Waals surface area contributed by atoms with E-state index in [1.54, 1.807) is 13.3 Å². The van der Waals surface area contributed by atoms with Crippen molar-refractivity contribution in [2.45, 2.75) is 19.9 Å². The number of ether oxygens (including phenoxy) is 1. The Morgan fingerprint density at radius 3 is 2.65 bits per heavy atom. The van der Waals surface area contributed by atoms with E-state index >= 15 is 0 Å². The van der Waals surface area contributed by atoms with Gasteiger partial charge in [-0.3, -0.25) is 4.98 Å². The number of nitrogens with one attached hydrogen (secondary N) is 2. The maximum Gasteiger partial charge on any atom is 0.204 e. The zero-order chi connectivity index (χ0) is 14.4. The van der Waals surface area contributed by atoms with Crippen molar-refractivity contribution in [1.82, 2.24) is 15.0 Å². The smallest absolute Gasteiger partial charge is 0.204 e. The van der Waals surface area contributed by atoms with Gasteiger partial charge in [-0.25, -0.2) is 9.97 Å². The van der Waals surface area contributed by atoms with Crippen molar-refractivity contribution < 1.29 is 4.74 Å². The van der Waals surface area contributed by atoms with Crippen molar-refractivity contribution in [3.8, 4) is 5.75 Å². The van der Waals surface area contributed by atoms with Crippen LogP contribution in [0.2, 0.25) is 0 Å². The molecule has 2 aromatic heterocycles. The minimum absolute atomic E-state index is 0.0227. The third kappa shape index (κ3) is 3.14. The van der Waals surface area contributed by atoms with Gasteiger partial charge < -0.3 is 15.4 Å². The first kappa shape index (κ1) is 14.0. The Morgan fingerprint density at radius 1 is 1.20 bits per heavy atom. The summed E-state index contributed by atoms with van der Waals surface area (Å²) in [6.07, 6.45) is 3.28. The summed E-state index contributed by atoms with van der Waals surface area (Å²) in [6.45, 7) is 4.80. The molecule has 106 valence electrons. The lowest BCUT2D eigenvalue weighted by atomic mass is 10.2. The van der Waals surface area contributed by atoms with Gasteiger partial charge in [0.05, 0.1) is 18.8 Å². The molecule has 2 heterocycles. The number of anilines is 2. The topological polar surface area (TPSA) is 72.0 Å². The van der Waals surface area contributed by atoms with E-state index in [1.165, 1.54) is 6.33 Å². The molecule has 6 nitrogen and oxygen atoms in total. The Morgan fingerprint density at radius 2 is 2.00 bits per heavy atom. The highest BCUT2D eigenvalue weighted by Gasteiger charge is 2.14. The second-order valence-corrected chi connectivity index (χ2v) is 4.26. The van der Waals surface area contributed by atoms with Crippen LogP contribution in [0.15, 0.2) is 30.7 Å². The van der Waals surface area contributed by atoms with E-state index in [0.29, 0.717) is 17.4 Å². The van der Waals surface area contributed by atoms with E-state index in [0.717, 1.165) is 12.2 Å². The van der Waals surface area contributed by atoms with E-state index in [4.69, 9.17) is 4.74 Å². The Kier molecular flexibility index (Phi) is 4.70. The number of hydrogen-bond donors (Lipinski definition) is 2. The summed E-state index contributed by atoms with van der Waals surface area (Å²) in [4.78, 5) is 12.7. The summed E-state index contributed by atoms with van der Waals surface area (Å²) in [7, 11) is 1.61. The number of aromatic nitrogens is 3. The van der Waals surface area contributed by atoms with Crippen molar-refractivity contribution in [1.29, 1.82) is 0 Å². The molecule has 1 atom stereocenters. The van der Waals surface area contributed by atoms with Gasteiger partial charge in [-0.1, -0.05) is 6.07 Å². The highest BCUT2D eigenvalue weighted by atomic mass is 16.5. The number of pyridine rings is 1. The summed E-state index contributed by atoms with van der Waals surface area (Å²) in [5.41, 5.74) is 0.943. The van der Waals surface area contributed by atoms with E-state index in [1.807, 2.05) is 32.0 Å². The van der Waals surface area contributed by atoms with Crippen LogP contribution in [0, 0.1) is 0 Å².